The zero-order valence-corrected chi connectivity index (χ0v) is 9.48. The Morgan fingerprint density at radius 2 is 2.12 bits per heavy atom. The molecule has 1 heterocycles. The van der Waals surface area contributed by atoms with Gasteiger partial charge in [0.15, 0.2) is 6.29 Å². The van der Waals surface area contributed by atoms with Crippen LogP contribution in [0.3, 0.4) is 0 Å². The summed E-state index contributed by atoms with van der Waals surface area (Å²) in [6.07, 6.45) is 3.82. The molecule has 0 amide bonds. The molecule has 0 aliphatic carbocycles. The number of pyridine rings is 1. The van der Waals surface area contributed by atoms with Crippen LogP contribution < -0.4 is 0 Å². The number of aldehydes is 1. The average molecular weight is 243 g/mol. The zero-order valence-electron chi connectivity index (χ0n) is 8.72. The van der Waals surface area contributed by atoms with E-state index in [1.54, 1.807) is 30.5 Å². The highest BCUT2D eigenvalue weighted by Gasteiger charge is 2.06. The second-order valence-corrected chi connectivity index (χ2v) is 3.86. The number of rotatable bonds is 2. The van der Waals surface area contributed by atoms with Gasteiger partial charge in [-0.1, -0.05) is 17.7 Å². The van der Waals surface area contributed by atoms with Crippen LogP contribution in [0.1, 0.15) is 15.9 Å². The summed E-state index contributed by atoms with van der Waals surface area (Å²) in [5, 5.41) is 9.30. The summed E-state index contributed by atoms with van der Waals surface area (Å²) >= 11 is 5.81. The Morgan fingerprint density at radius 3 is 2.82 bits per heavy atom. The molecule has 0 aliphatic rings. The molecule has 0 aliphatic heterocycles. The van der Waals surface area contributed by atoms with Gasteiger partial charge < -0.3 is 0 Å². The van der Waals surface area contributed by atoms with Crippen molar-refractivity contribution in [3.63, 3.8) is 0 Å². The topological polar surface area (TPSA) is 53.8 Å². The first-order valence-electron chi connectivity index (χ1n) is 4.85. The number of hydrogen-bond donors (Lipinski definition) is 0. The SMILES string of the molecule is N#Cc1cncc(-c2ccc(Cl)cc2C=O)c1. The molecule has 0 atom stereocenters. The maximum atomic E-state index is 11.0. The van der Waals surface area contributed by atoms with Gasteiger partial charge in [0.05, 0.1) is 5.56 Å². The standard InChI is InChI=1S/C13H7ClN2O/c14-12-1-2-13(11(4-12)8-17)10-3-9(5-15)6-16-7-10/h1-4,6-8H. The summed E-state index contributed by atoms with van der Waals surface area (Å²) in [5.74, 6) is 0. The van der Waals surface area contributed by atoms with Crippen LogP contribution in [0.25, 0.3) is 11.1 Å². The Hall–Kier alpha value is -2.18. The molecule has 0 N–H and O–H groups in total. The lowest BCUT2D eigenvalue weighted by Gasteiger charge is -2.05. The van der Waals surface area contributed by atoms with Crippen molar-refractivity contribution in [2.75, 3.05) is 0 Å². The number of nitriles is 1. The van der Waals surface area contributed by atoms with Gasteiger partial charge in [-0.25, -0.2) is 0 Å². The average Bonchev–Trinajstić information content (AvgIpc) is 2.38. The first-order valence-corrected chi connectivity index (χ1v) is 5.22. The number of hydrogen-bond acceptors (Lipinski definition) is 3. The van der Waals surface area contributed by atoms with Crippen molar-refractivity contribution in [1.29, 1.82) is 5.26 Å². The smallest absolute Gasteiger partial charge is 0.150 e. The molecule has 82 valence electrons. The van der Waals surface area contributed by atoms with Gasteiger partial charge in [0.2, 0.25) is 0 Å². The Bertz CT molecular complexity index is 617. The van der Waals surface area contributed by atoms with Gasteiger partial charge in [0.25, 0.3) is 0 Å². The van der Waals surface area contributed by atoms with Crippen LogP contribution in [0.15, 0.2) is 36.7 Å². The lowest BCUT2D eigenvalue weighted by atomic mass is 10.0. The van der Waals surface area contributed by atoms with Crippen LogP contribution in [0.2, 0.25) is 5.02 Å². The quantitative estimate of drug-likeness (QED) is 0.761. The monoisotopic (exact) mass is 242 g/mol. The van der Waals surface area contributed by atoms with Gasteiger partial charge >= 0.3 is 0 Å². The maximum Gasteiger partial charge on any atom is 0.150 e. The molecule has 0 unspecified atom stereocenters. The minimum atomic E-state index is 0.453. The highest BCUT2D eigenvalue weighted by molar-refractivity contribution is 6.31. The Balaban J connectivity index is 2.60. The van der Waals surface area contributed by atoms with Crippen molar-refractivity contribution >= 4 is 17.9 Å². The largest absolute Gasteiger partial charge is 0.298 e. The molecule has 0 saturated heterocycles. The number of halogens is 1. The summed E-state index contributed by atoms with van der Waals surface area (Å²) in [6.45, 7) is 0. The highest BCUT2D eigenvalue weighted by Crippen LogP contribution is 2.25. The number of carbonyl (C=O) groups excluding carboxylic acids is 1. The van der Waals surface area contributed by atoms with Gasteiger partial charge in [0, 0.05) is 28.5 Å². The minimum absolute atomic E-state index is 0.453. The lowest BCUT2D eigenvalue weighted by Crippen LogP contribution is -1.89. The Labute approximate surface area is 103 Å². The van der Waals surface area contributed by atoms with Crippen LogP contribution in [-0.2, 0) is 0 Å². The fourth-order valence-corrected chi connectivity index (χ4v) is 1.72. The number of nitrogens with zero attached hydrogens (tertiary/aromatic N) is 2. The fraction of sp³-hybridized carbons (Fsp3) is 0. The van der Waals surface area contributed by atoms with Crippen LogP contribution in [-0.4, -0.2) is 11.3 Å². The van der Waals surface area contributed by atoms with Crippen LogP contribution in [0.4, 0.5) is 0 Å². The molecule has 17 heavy (non-hydrogen) atoms. The summed E-state index contributed by atoms with van der Waals surface area (Å²) in [6, 6.07) is 8.72. The molecule has 0 saturated carbocycles. The summed E-state index contributed by atoms with van der Waals surface area (Å²) < 4.78 is 0. The van der Waals surface area contributed by atoms with Crippen LogP contribution >= 0.6 is 11.6 Å². The molecular formula is C13H7ClN2O. The minimum Gasteiger partial charge on any atom is -0.298 e. The predicted molar refractivity (Wildman–Crippen MR) is 64.8 cm³/mol. The van der Waals surface area contributed by atoms with E-state index >= 15 is 0 Å². The predicted octanol–water partition coefficient (Wildman–Crippen LogP) is 3.09. The highest BCUT2D eigenvalue weighted by atomic mass is 35.5. The van der Waals surface area contributed by atoms with Gasteiger partial charge in [-0.3, -0.25) is 9.78 Å². The van der Waals surface area contributed by atoms with E-state index in [0.717, 1.165) is 11.8 Å². The summed E-state index contributed by atoms with van der Waals surface area (Å²) in [4.78, 5) is 14.9. The van der Waals surface area contributed by atoms with Crippen molar-refractivity contribution in [1.82, 2.24) is 4.98 Å². The summed E-state index contributed by atoms with van der Waals surface area (Å²) in [7, 11) is 0. The maximum absolute atomic E-state index is 11.0. The zero-order chi connectivity index (χ0) is 12.3. The molecule has 4 heteroatoms. The van der Waals surface area contributed by atoms with E-state index < -0.39 is 0 Å². The molecule has 0 fully saturated rings. The third-order valence-electron chi connectivity index (χ3n) is 2.32. The number of benzene rings is 1. The van der Waals surface area contributed by atoms with E-state index in [1.165, 1.54) is 6.20 Å². The van der Waals surface area contributed by atoms with Crippen LogP contribution in [0, 0.1) is 11.3 Å². The molecule has 2 rings (SSSR count). The van der Waals surface area contributed by atoms with E-state index in [2.05, 4.69) is 4.98 Å². The van der Waals surface area contributed by atoms with Crippen molar-refractivity contribution in [2.24, 2.45) is 0 Å². The number of carbonyl (C=O) groups is 1. The molecule has 1 aromatic carbocycles. The second kappa shape index (κ2) is 4.77. The van der Waals surface area contributed by atoms with Crippen molar-refractivity contribution in [2.45, 2.75) is 0 Å². The van der Waals surface area contributed by atoms with Crippen molar-refractivity contribution in [3.05, 3.63) is 52.8 Å². The molecule has 0 spiro atoms. The Kier molecular flexibility index (Phi) is 3.17. The van der Waals surface area contributed by atoms with Crippen molar-refractivity contribution in [3.8, 4) is 17.2 Å². The van der Waals surface area contributed by atoms with Crippen molar-refractivity contribution < 1.29 is 4.79 Å². The third kappa shape index (κ3) is 2.32. The number of aromatic nitrogens is 1. The van der Waals surface area contributed by atoms with E-state index in [1.807, 2.05) is 6.07 Å². The van der Waals surface area contributed by atoms with Crippen LogP contribution in [0.5, 0.6) is 0 Å². The first-order chi connectivity index (χ1) is 8.24. The Morgan fingerprint density at radius 1 is 1.29 bits per heavy atom. The fourth-order valence-electron chi connectivity index (χ4n) is 1.54. The molecule has 1 aromatic heterocycles. The van der Waals surface area contributed by atoms with E-state index in [4.69, 9.17) is 16.9 Å². The third-order valence-corrected chi connectivity index (χ3v) is 2.55. The molecule has 0 bridgehead atoms. The van der Waals surface area contributed by atoms with E-state index in [-0.39, 0.29) is 0 Å². The molecular weight excluding hydrogens is 236 g/mol. The molecule has 0 radical (unpaired) electrons. The lowest BCUT2D eigenvalue weighted by molar-refractivity contribution is 0.112. The normalized spacial score (nSPS) is 9.65. The van der Waals surface area contributed by atoms with E-state index in [9.17, 15) is 4.79 Å². The summed E-state index contributed by atoms with van der Waals surface area (Å²) in [5.41, 5.74) is 2.38. The van der Waals surface area contributed by atoms with Gasteiger partial charge in [-0.15, -0.1) is 0 Å². The van der Waals surface area contributed by atoms with Gasteiger partial charge in [-0.05, 0) is 23.8 Å². The van der Waals surface area contributed by atoms with Gasteiger partial charge in [0.1, 0.15) is 6.07 Å². The van der Waals surface area contributed by atoms with Gasteiger partial charge in [-0.2, -0.15) is 5.26 Å². The van der Waals surface area contributed by atoms with E-state index in [0.29, 0.717) is 21.7 Å². The molecule has 2 aromatic rings. The second-order valence-electron chi connectivity index (χ2n) is 3.42. The first kappa shape index (κ1) is 11.3. The molecule has 3 nitrogen and oxygen atoms in total.